The number of anilines is 1. The molecule has 0 fully saturated rings. The molecule has 64 valence electrons. The van der Waals surface area contributed by atoms with Gasteiger partial charge in [0.15, 0.2) is 0 Å². The normalized spacial score (nSPS) is 21.3. The number of rotatable bonds is 0. The summed E-state index contributed by atoms with van der Waals surface area (Å²) >= 11 is 0. The highest BCUT2D eigenvalue weighted by atomic mass is 19.1. The van der Waals surface area contributed by atoms with Crippen LogP contribution < -0.4 is 11.1 Å². The summed E-state index contributed by atoms with van der Waals surface area (Å²) in [6.07, 6.45) is 0.800. The Labute approximate surface area is 70.6 Å². The van der Waals surface area contributed by atoms with Gasteiger partial charge >= 0.3 is 0 Å². The maximum absolute atomic E-state index is 13.2. The van der Waals surface area contributed by atoms with Gasteiger partial charge in [-0.05, 0) is 18.6 Å². The molecule has 0 aliphatic carbocycles. The summed E-state index contributed by atoms with van der Waals surface area (Å²) in [5.74, 6) is -0.202. The molecule has 0 bridgehead atoms. The third kappa shape index (κ3) is 1.06. The third-order valence-corrected chi connectivity index (χ3v) is 2.19. The Morgan fingerprint density at radius 1 is 1.50 bits per heavy atom. The smallest absolute Gasteiger partial charge is 0.130 e. The van der Waals surface area contributed by atoms with Gasteiger partial charge in [-0.3, -0.25) is 0 Å². The number of nitrogens with two attached hydrogens (primary N) is 1. The largest absolute Gasteiger partial charge is 0.385 e. The number of benzene rings is 1. The van der Waals surface area contributed by atoms with Crippen molar-refractivity contribution in [3.8, 4) is 0 Å². The Hall–Kier alpha value is -1.09. The number of halogens is 1. The first-order chi connectivity index (χ1) is 5.79. The molecule has 1 heterocycles. The molecule has 12 heavy (non-hydrogen) atoms. The number of fused-ring (bicyclic) bond motifs is 1. The second kappa shape index (κ2) is 2.75. The summed E-state index contributed by atoms with van der Waals surface area (Å²) in [6.45, 7) is 0.831. The number of hydrogen-bond acceptors (Lipinski definition) is 2. The monoisotopic (exact) mass is 166 g/mol. The Balaban J connectivity index is 2.53. The topological polar surface area (TPSA) is 38.0 Å². The van der Waals surface area contributed by atoms with Gasteiger partial charge in [0, 0.05) is 23.8 Å². The Morgan fingerprint density at radius 3 is 3.08 bits per heavy atom. The molecule has 1 atom stereocenters. The molecule has 0 radical (unpaired) electrons. The van der Waals surface area contributed by atoms with E-state index in [1.165, 1.54) is 6.07 Å². The molecule has 0 spiro atoms. The Bertz CT molecular complexity index is 299. The molecule has 2 rings (SSSR count). The minimum Gasteiger partial charge on any atom is -0.385 e. The zero-order valence-corrected chi connectivity index (χ0v) is 6.68. The van der Waals surface area contributed by atoms with E-state index >= 15 is 0 Å². The molecule has 0 amide bonds. The van der Waals surface area contributed by atoms with Crippen molar-refractivity contribution in [3.63, 3.8) is 0 Å². The van der Waals surface area contributed by atoms with Crippen LogP contribution in [0.4, 0.5) is 10.1 Å². The zero-order chi connectivity index (χ0) is 8.55. The first-order valence-electron chi connectivity index (χ1n) is 4.07. The van der Waals surface area contributed by atoms with Crippen molar-refractivity contribution < 1.29 is 4.39 Å². The van der Waals surface area contributed by atoms with E-state index < -0.39 is 0 Å². The van der Waals surface area contributed by atoms with Crippen LogP contribution in [0.2, 0.25) is 0 Å². The van der Waals surface area contributed by atoms with Gasteiger partial charge in [0.1, 0.15) is 5.82 Å². The number of nitrogens with one attached hydrogen (secondary N) is 1. The van der Waals surface area contributed by atoms with Crippen LogP contribution in [-0.2, 0) is 0 Å². The first-order valence-corrected chi connectivity index (χ1v) is 4.07. The summed E-state index contributed by atoms with van der Waals surface area (Å²) in [6, 6.07) is 4.85. The van der Waals surface area contributed by atoms with E-state index in [1.807, 2.05) is 6.07 Å². The minimum atomic E-state index is -0.202. The van der Waals surface area contributed by atoms with Crippen LogP contribution in [0.5, 0.6) is 0 Å². The Morgan fingerprint density at radius 2 is 2.33 bits per heavy atom. The van der Waals surface area contributed by atoms with Crippen LogP contribution in [-0.4, -0.2) is 6.54 Å². The molecule has 0 aromatic heterocycles. The van der Waals surface area contributed by atoms with Gasteiger partial charge in [-0.25, -0.2) is 4.39 Å². The van der Waals surface area contributed by atoms with E-state index in [-0.39, 0.29) is 11.9 Å². The van der Waals surface area contributed by atoms with Gasteiger partial charge in [-0.15, -0.1) is 0 Å². The predicted molar refractivity (Wildman–Crippen MR) is 46.4 cm³/mol. The van der Waals surface area contributed by atoms with Gasteiger partial charge in [-0.2, -0.15) is 0 Å². The van der Waals surface area contributed by atoms with Crippen molar-refractivity contribution in [3.05, 3.63) is 29.6 Å². The van der Waals surface area contributed by atoms with Crippen molar-refractivity contribution >= 4 is 5.69 Å². The molecule has 1 aliphatic heterocycles. The van der Waals surface area contributed by atoms with Crippen molar-refractivity contribution in [1.82, 2.24) is 0 Å². The first kappa shape index (κ1) is 7.55. The lowest BCUT2D eigenvalue weighted by molar-refractivity contribution is 0.561. The lowest BCUT2D eigenvalue weighted by atomic mass is 9.98. The highest BCUT2D eigenvalue weighted by Crippen LogP contribution is 2.29. The summed E-state index contributed by atoms with van der Waals surface area (Å²) in [4.78, 5) is 0. The lowest BCUT2D eigenvalue weighted by Gasteiger charge is -2.23. The van der Waals surface area contributed by atoms with Crippen molar-refractivity contribution in [2.45, 2.75) is 12.5 Å². The van der Waals surface area contributed by atoms with Crippen molar-refractivity contribution in [1.29, 1.82) is 0 Å². The molecular formula is C9H11FN2. The average molecular weight is 166 g/mol. The molecule has 0 saturated carbocycles. The fourth-order valence-corrected chi connectivity index (χ4v) is 1.57. The van der Waals surface area contributed by atoms with Crippen LogP contribution >= 0.6 is 0 Å². The van der Waals surface area contributed by atoms with E-state index in [4.69, 9.17) is 5.73 Å². The zero-order valence-electron chi connectivity index (χ0n) is 6.68. The maximum Gasteiger partial charge on any atom is 0.130 e. The highest BCUT2D eigenvalue weighted by molar-refractivity contribution is 5.54. The summed E-state index contributed by atoms with van der Waals surface area (Å²) in [7, 11) is 0. The second-order valence-electron chi connectivity index (χ2n) is 3.02. The quantitative estimate of drug-likeness (QED) is 0.615. The van der Waals surface area contributed by atoms with E-state index in [0.717, 1.165) is 18.7 Å². The third-order valence-electron chi connectivity index (χ3n) is 2.19. The Kier molecular flexibility index (Phi) is 1.73. The van der Waals surface area contributed by atoms with Crippen LogP contribution in [0.3, 0.4) is 0 Å². The van der Waals surface area contributed by atoms with Crippen LogP contribution in [0.15, 0.2) is 18.2 Å². The molecule has 1 aliphatic rings. The molecule has 2 nitrogen and oxygen atoms in total. The maximum atomic E-state index is 13.2. The van der Waals surface area contributed by atoms with Crippen molar-refractivity contribution in [2.24, 2.45) is 5.73 Å². The van der Waals surface area contributed by atoms with E-state index in [0.29, 0.717) is 5.56 Å². The SMILES string of the molecule is NC1CCNc2cccc(F)c21. The fraction of sp³-hybridized carbons (Fsp3) is 0.333. The molecular weight excluding hydrogens is 155 g/mol. The summed E-state index contributed by atoms with van der Waals surface area (Å²) in [5, 5.41) is 3.11. The van der Waals surface area contributed by atoms with Gasteiger partial charge in [0.25, 0.3) is 0 Å². The minimum absolute atomic E-state index is 0.151. The van der Waals surface area contributed by atoms with Crippen LogP contribution in [0.1, 0.15) is 18.0 Å². The van der Waals surface area contributed by atoms with Gasteiger partial charge in [-0.1, -0.05) is 6.07 Å². The van der Waals surface area contributed by atoms with Gasteiger partial charge < -0.3 is 11.1 Å². The van der Waals surface area contributed by atoms with Crippen molar-refractivity contribution in [2.75, 3.05) is 11.9 Å². The molecule has 1 aromatic rings. The summed E-state index contributed by atoms with van der Waals surface area (Å²) < 4.78 is 13.2. The standard InChI is InChI=1S/C9H11FN2/c10-6-2-1-3-8-9(6)7(11)4-5-12-8/h1-3,7,12H,4-5,11H2. The van der Waals surface area contributed by atoms with Crippen LogP contribution in [0.25, 0.3) is 0 Å². The summed E-state index contributed by atoms with van der Waals surface area (Å²) in [5.41, 5.74) is 7.24. The fourth-order valence-electron chi connectivity index (χ4n) is 1.57. The number of hydrogen-bond donors (Lipinski definition) is 2. The molecule has 1 unspecified atom stereocenters. The van der Waals surface area contributed by atoms with E-state index in [1.54, 1.807) is 6.07 Å². The average Bonchev–Trinajstić information content (AvgIpc) is 2.04. The van der Waals surface area contributed by atoms with Gasteiger partial charge in [0.2, 0.25) is 0 Å². The van der Waals surface area contributed by atoms with Crippen LogP contribution in [0, 0.1) is 5.82 Å². The highest BCUT2D eigenvalue weighted by Gasteiger charge is 2.19. The molecule has 0 saturated heterocycles. The lowest BCUT2D eigenvalue weighted by Crippen LogP contribution is -2.23. The molecule has 3 heteroatoms. The molecule has 3 N–H and O–H groups in total. The van der Waals surface area contributed by atoms with Gasteiger partial charge in [0.05, 0.1) is 0 Å². The van der Waals surface area contributed by atoms with E-state index in [2.05, 4.69) is 5.32 Å². The molecule has 1 aromatic carbocycles. The second-order valence-corrected chi connectivity index (χ2v) is 3.02. The van der Waals surface area contributed by atoms with E-state index in [9.17, 15) is 4.39 Å². The predicted octanol–water partition coefficient (Wildman–Crippen LogP) is 1.64.